The van der Waals surface area contributed by atoms with Crippen LogP contribution in [0, 0.1) is 34.3 Å². The molecule has 3 heterocycles. The monoisotopic (exact) mass is 492 g/mol. The molecule has 4 aliphatic rings. The average molecular weight is 493 g/mol. The van der Waals surface area contributed by atoms with Gasteiger partial charge in [0.15, 0.2) is 18.3 Å². The van der Waals surface area contributed by atoms with E-state index in [0.29, 0.717) is 19.1 Å². The molecule has 0 spiro atoms. The van der Waals surface area contributed by atoms with Crippen molar-refractivity contribution in [2.24, 2.45) is 11.8 Å². The standard InChI is InChI=1S/C13H19NO3.C8H12O2.C5H9NO2/c1-2-6-15-13(3-1)16-9-12-8-11(14-17-12)7-10-4-5-10;1-2-6-9-8-5-3-4-7-10-8;7-6(8)4-3-5-1-2-5/h8,10,13H,1-7,9H2;1,8H,3-7H2;5H,1-4H2. The van der Waals surface area contributed by atoms with Crippen LogP contribution in [-0.2, 0) is 32.0 Å². The largest absolute Gasteiger partial charge is 0.359 e. The molecule has 0 amide bonds. The van der Waals surface area contributed by atoms with Gasteiger partial charge in [-0.25, -0.2) is 0 Å². The zero-order valence-electron chi connectivity index (χ0n) is 20.7. The van der Waals surface area contributed by atoms with Crippen LogP contribution in [0.2, 0.25) is 0 Å². The van der Waals surface area contributed by atoms with Gasteiger partial charge in [-0.1, -0.05) is 11.1 Å². The number of rotatable bonds is 10. The quantitative estimate of drug-likeness (QED) is 0.258. The minimum Gasteiger partial charge on any atom is -0.359 e. The van der Waals surface area contributed by atoms with Gasteiger partial charge in [0.05, 0.1) is 5.69 Å². The summed E-state index contributed by atoms with van der Waals surface area (Å²) in [6, 6.07) is 2.02. The lowest BCUT2D eigenvalue weighted by Gasteiger charge is -2.21. The van der Waals surface area contributed by atoms with Crippen molar-refractivity contribution >= 4 is 0 Å². The first-order valence-corrected chi connectivity index (χ1v) is 13.1. The van der Waals surface area contributed by atoms with Crippen LogP contribution in [0.3, 0.4) is 0 Å². The van der Waals surface area contributed by atoms with Crippen molar-refractivity contribution in [2.75, 3.05) is 26.4 Å². The fourth-order valence-electron chi connectivity index (χ4n) is 3.83. The Labute approximate surface area is 208 Å². The molecule has 0 bridgehead atoms. The lowest BCUT2D eigenvalue weighted by Crippen LogP contribution is -2.22. The van der Waals surface area contributed by atoms with Gasteiger partial charge in [0.2, 0.25) is 6.54 Å². The summed E-state index contributed by atoms with van der Waals surface area (Å²) >= 11 is 0. The summed E-state index contributed by atoms with van der Waals surface area (Å²) in [4.78, 5) is 9.50. The smallest absolute Gasteiger partial charge is 0.204 e. The molecular weight excluding hydrogens is 452 g/mol. The van der Waals surface area contributed by atoms with Crippen LogP contribution in [0.5, 0.6) is 0 Å². The van der Waals surface area contributed by atoms with E-state index in [-0.39, 0.29) is 24.0 Å². The number of aromatic nitrogens is 1. The van der Waals surface area contributed by atoms with Crippen molar-refractivity contribution in [2.45, 2.75) is 96.2 Å². The number of ether oxygens (including phenoxy) is 4. The number of hydrogen-bond acceptors (Lipinski definition) is 8. The Morgan fingerprint density at radius 2 is 1.66 bits per heavy atom. The van der Waals surface area contributed by atoms with Crippen LogP contribution in [-0.4, -0.2) is 49.0 Å². The first-order valence-electron chi connectivity index (χ1n) is 13.1. The van der Waals surface area contributed by atoms with Crippen LogP contribution in [0.4, 0.5) is 0 Å². The van der Waals surface area contributed by atoms with Gasteiger partial charge in [-0.3, -0.25) is 10.1 Å². The second kappa shape index (κ2) is 15.9. The highest BCUT2D eigenvalue weighted by Crippen LogP contribution is 2.32. The molecular formula is C26H40N2O7. The molecule has 2 aliphatic heterocycles. The van der Waals surface area contributed by atoms with E-state index in [1.165, 1.54) is 38.5 Å². The van der Waals surface area contributed by atoms with Gasteiger partial charge in [-0.2, -0.15) is 0 Å². The van der Waals surface area contributed by atoms with E-state index in [1.54, 1.807) is 0 Å². The Balaban J connectivity index is 0.000000162. The van der Waals surface area contributed by atoms with E-state index in [0.717, 1.165) is 69.1 Å². The van der Waals surface area contributed by atoms with Gasteiger partial charge >= 0.3 is 0 Å². The Bertz CT molecular complexity index is 758. The molecule has 5 rings (SSSR count). The zero-order chi connectivity index (χ0) is 24.7. The molecule has 2 saturated carbocycles. The van der Waals surface area contributed by atoms with Gasteiger partial charge in [0, 0.05) is 30.6 Å². The summed E-state index contributed by atoms with van der Waals surface area (Å²) in [5.74, 6) is 4.77. The Morgan fingerprint density at radius 3 is 2.20 bits per heavy atom. The van der Waals surface area contributed by atoms with Crippen LogP contribution >= 0.6 is 0 Å². The highest BCUT2D eigenvalue weighted by Gasteiger charge is 2.24. The second-order valence-electron chi connectivity index (χ2n) is 9.64. The van der Waals surface area contributed by atoms with Gasteiger partial charge in [0.25, 0.3) is 0 Å². The minimum atomic E-state index is -0.238. The van der Waals surface area contributed by atoms with E-state index in [2.05, 4.69) is 11.1 Å². The molecule has 0 aromatic carbocycles. The summed E-state index contributed by atoms with van der Waals surface area (Å²) < 4.78 is 26.8. The van der Waals surface area contributed by atoms with E-state index >= 15 is 0 Å². The summed E-state index contributed by atoms with van der Waals surface area (Å²) in [5.41, 5.74) is 1.07. The molecule has 0 N–H and O–H groups in total. The zero-order valence-corrected chi connectivity index (χ0v) is 20.7. The predicted molar refractivity (Wildman–Crippen MR) is 129 cm³/mol. The number of nitro groups is 1. The molecule has 1 aromatic rings. The highest BCUT2D eigenvalue weighted by atomic mass is 16.7. The molecule has 196 valence electrons. The van der Waals surface area contributed by atoms with Crippen molar-refractivity contribution in [3.05, 3.63) is 27.6 Å². The fourth-order valence-corrected chi connectivity index (χ4v) is 3.83. The minimum absolute atomic E-state index is 0.0372. The second-order valence-corrected chi connectivity index (χ2v) is 9.64. The SMILES string of the molecule is C#CCOC1CCCCO1.O=[N+]([O-])CCC1CC1.c1c(CC2CC2)noc1COC1CCCCO1. The Morgan fingerprint density at radius 1 is 1.00 bits per heavy atom. The van der Waals surface area contributed by atoms with E-state index in [1.807, 2.05) is 6.07 Å². The maximum atomic E-state index is 9.74. The summed E-state index contributed by atoms with van der Waals surface area (Å²) in [6.45, 7) is 2.64. The first kappa shape index (κ1) is 27.6. The number of nitrogens with zero attached hydrogens (tertiary/aromatic N) is 2. The van der Waals surface area contributed by atoms with E-state index in [4.69, 9.17) is 29.9 Å². The van der Waals surface area contributed by atoms with Gasteiger partial charge in [-0.05, 0) is 82.5 Å². The molecule has 2 unspecified atom stereocenters. The molecule has 35 heavy (non-hydrogen) atoms. The third-order valence-electron chi connectivity index (χ3n) is 6.26. The van der Waals surface area contributed by atoms with Crippen molar-refractivity contribution < 1.29 is 28.4 Å². The molecule has 2 saturated heterocycles. The van der Waals surface area contributed by atoms with E-state index < -0.39 is 0 Å². The average Bonchev–Trinajstić information content (AvgIpc) is 3.82. The molecule has 2 atom stereocenters. The molecule has 9 nitrogen and oxygen atoms in total. The third-order valence-corrected chi connectivity index (χ3v) is 6.26. The lowest BCUT2D eigenvalue weighted by molar-refractivity contribution is -0.480. The van der Waals surface area contributed by atoms with Gasteiger partial charge < -0.3 is 23.5 Å². The summed E-state index contributed by atoms with van der Waals surface area (Å²) in [5, 5.41) is 13.8. The van der Waals surface area contributed by atoms with Crippen molar-refractivity contribution in [3.63, 3.8) is 0 Å². The molecule has 4 fully saturated rings. The van der Waals surface area contributed by atoms with Crippen molar-refractivity contribution in [1.29, 1.82) is 0 Å². The van der Waals surface area contributed by atoms with E-state index in [9.17, 15) is 10.1 Å². The Hall–Kier alpha value is -1.99. The van der Waals surface area contributed by atoms with Crippen molar-refractivity contribution in [1.82, 2.24) is 5.16 Å². The van der Waals surface area contributed by atoms with Gasteiger partial charge in [-0.15, -0.1) is 6.42 Å². The highest BCUT2D eigenvalue weighted by molar-refractivity contribution is 5.06. The number of hydrogen-bond donors (Lipinski definition) is 0. The summed E-state index contributed by atoms with van der Waals surface area (Å²) in [6.07, 6.45) is 18.5. The Kier molecular flexibility index (Phi) is 12.5. The predicted octanol–water partition coefficient (Wildman–Crippen LogP) is 4.90. The van der Waals surface area contributed by atoms with Crippen LogP contribution in [0.1, 0.15) is 82.1 Å². The molecule has 9 heteroatoms. The van der Waals surface area contributed by atoms with Crippen molar-refractivity contribution in [3.8, 4) is 12.3 Å². The lowest BCUT2D eigenvalue weighted by atomic mass is 10.2. The summed E-state index contributed by atoms with van der Waals surface area (Å²) in [7, 11) is 0. The maximum Gasteiger partial charge on any atom is 0.204 e. The van der Waals surface area contributed by atoms with Gasteiger partial charge in [0.1, 0.15) is 13.2 Å². The first-order chi connectivity index (χ1) is 17.1. The van der Waals surface area contributed by atoms with Crippen LogP contribution in [0.25, 0.3) is 0 Å². The normalized spacial score (nSPS) is 23.7. The molecule has 0 radical (unpaired) electrons. The van der Waals surface area contributed by atoms with Crippen LogP contribution < -0.4 is 0 Å². The third kappa shape index (κ3) is 13.0. The maximum absolute atomic E-state index is 9.74. The topological polar surface area (TPSA) is 106 Å². The molecule has 2 aliphatic carbocycles. The fraction of sp³-hybridized carbons (Fsp3) is 0.808. The number of terminal acetylenes is 1. The molecule has 1 aromatic heterocycles. The van der Waals surface area contributed by atoms with Crippen LogP contribution in [0.15, 0.2) is 10.6 Å².